The fraction of sp³-hybridized carbons (Fsp3) is 0.545. The van der Waals surface area contributed by atoms with E-state index in [9.17, 15) is 8.42 Å². The minimum absolute atomic E-state index is 0.144. The van der Waals surface area contributed by atoms with Gasteiger partial charge in [-0.1, -0.05) is 0 Å². The Morgan fingerprint density at radius 3 is 2.44 bits per heavy atom. The molecule has 1 aliphatic rings. The molecule has 6 nitrogen and oxygen atoms in total. The molecule has 0 radical (unpaired) electrons. The van der Waals surface area contributed by atoms with E-state index < -0.39 is 10.0 Å². The predicted molar refractivity (Wildman–Crippen MR) is 69.5 cm³/mol. The fourth-order valence-electron chi connectivity index (χ4n) is 2.17. The molecular formula is C11H18N4O2S. The van der Waals surface area contributed by atoms with Gasteiger partial charge >= 0.3 is 0 Å². The van der Waals surface area contributed by atoms with Gasteiger partial charge in [-0.2, -0.15) is 4.31 Å². The highest BCUT2D eigenvalue weighted by Crippen LogP contribution is 2.18. The molecule has 1 aromatic heterocycles. The molecule has 0 spiro atoms. The average Bonchev–Trinajstić information content (AvgIpc) is 2.28. The molecular weight excluding hydrogens is 252 g/mol. The number of pyridine rings is 1. The smallest absolute Gasteiger partial charge is 0.244 e. The zero-order chi connectivity index (χ0) is 13.3. The van der Waals surface area contributed by atoms with Crippen LogP contribution in [0.5, 0.6) is 0 Å². The molecule has 100 valence electrons. The molecule has 2 unspecified atom stereocenters. The summed E-state index contributed by atoms with van der Waals surface area (Å²) in [4.78, 5) is 4.03. The van der Waals surface area contributed by atoms with Crippen LogP contribution in [0.25, 0.3) is 0 Å². The highest BCUT2D eigenvalue weighted by molar-refractivity contribution is 7.89. The molecule has 2 rings (SSSR count). The second-order valence-electron chi connectivity index (χ2n) is 4.71. The first-order valence-corrected chi connectivity index (χ1v) is 7.31. The van der Waals surface area contributed by atoms with Gasteiger partial charge in [0.15, 0.2) is 0 Å². The van der Waals surface area contributed by atoms with Crippen LogP contribution in [0.1, 0.15) is 13.8 Å². The number of aromatic nitrogens is 1. The molecule has 2 atom stereocenters. The van der Waals surface area contributed by atoms with Crippen LogP contribution in [0.15, 0.2) is 23.2 Å². The molecule has 1 saturated heterocycles. The quantitative estimate of drug-likeness (QED) is 0.792. The third kappa shape index (κ3) is 2.63. The minimum atomic E-state index is -3.47. The summed E-state index contributed by atoms with van der Waals surface area (Å²) in [6, 6.07) is 3.28. The Bertz CT molecular complexity index is 504. The number of nitrogen functional groups attached to an aromatic ring is 1. The van der Waals surface area contributed by atoms with E-state index >= 15 is 0 Å². The average molecular weight is 270 g/mol. The van der Waals surface area contributed by atoms with Gasteiger partial charge in [0.25, 0.3) is 0 Å². The second kappa shape index (κ2) is 4.83. The topological polar surface area (TPSA) is 88.3 Å². The SMILES string of the molecule is CC1CN(S(=O)(=O)c2ccc(N)nc2)CC(C)N1. The summed E-state index contributed by atoms with van der Waals surface area (Å²) in [5, 5.41) is 3.30. The molecule has 0 amide bonds. The van der Waals surface area contributed by atoms with Crippen molar-refractivity contribution in [2.45, 2.75) is 30.8 Å². The first-order chi connectivity index (χ1) is 8.39. The number of nitrogens with two attached hydrogens (primary N) is 1. The zero-order valence-electron chi connectivity index (χ0n) is 10.5. The molecule has 1 fully saturated rings. The summed E-state index contributed by atoms with van der Waals surface area (Å²) in [7, 11) is -3.47. The van der Waals surface area contributed by atoms with E-state index in [0.717, 1.165) is 0 Å². The summed E-state index contributed by atoms with van der Waals surface area (Å²) in [6.45, 7) is 4.88. The zero-order valence-corrected chi connectivity index (χ0v) is 11.3. The minimum Gasteiger partial charge on any atom is -0.384 e. The van der Waals surface area contributed by atoms with Crippen molar-refractivity contribution in [3.63, 3.8) is 0 Å². The maximum atomic E-state index is 12.4. The van der Waals surface area contributed by atoms with Crippen molar-refractivity contribution >= 4 is 15.8 Å². The predicted octanol–water partition coefficient (Wildman–Crippen LogP) is 0.0347. The molecule has 1 aliphatic heterocycles. The Labute approximate surface area is 107 Å². The largest absolute Gasteiger partial charge is 0.384 e. The van der Waals surface area contributed by atoms with Crippen molar-refractivity contribution in [3.8, 4) is 0 Å². The molecule has 3 N–H and O–H groups in total. The van der Waals surface area contributed by atoms with Gasteiger partial charge in [-0.15, -0.1) is 0 Å². The van der Waals surface area contributed by atoms with Crippen molar-refractivity contribution in [3.05, 3.63) is 18.3 Å². The summed E-state index contributed by atoms with van der Waals surface area (Å²) >= 11 is 0. The van der Waals surface area contributed by atoms with Crippen molar-refractivity contribution < 1.29 is 8.42 Å². The van der Waals surface area contributed by atoms with E-state index in [1.54, 1.807) is 0 Å². The normalized spacial score (nSPS) is 26.1. The first kappa shape index (κ1) is 13.3. The number of hydrogen-bond donors (Lipinski definition) is 2. The van der Waals surface area contributed by atoms with Gasteiger partial charge in [0.1, 0.15) is 10.7 Å². The van der Waals surface area contributed by atoms with Crippen LogP contribution in [0, 0.1) is 0 Å². The first-order valence-electron chi connectivity index (χ1n) is 5.87. The van der Waals surface area contributed by atoms with Crippen LogP contribution in [0.4, 0.5) is 5.82 Å². The van der Waals surface area contributed by atoms with Crippen LogP contribution in [-0.4, -0.2) is 42.9 Å². The van der Waals surface area contributed by atoms with Gasteiger partial charge in [0, 0.05) is 31.4 Å². The number of nitrogens with one attached hydrogen (secondary N) is 1. The van der Waals surface area contributed by atoms with E-state index in [4.69, 9.17) is 5.73 Å². The second-order valence-corrected chi connectivity index (χ2v) is 6.65. The fourth-order valence-corrected chi connectivity index (χ4v) is 3.73. The Morgan fingerprint density at radius 2 is 1.94 bits per heavy atom. The van der Waals surface area contributed by atoms with Crippen molar-refractivity contribution in [2.75, 3.05) is 18.8 Å². The summed E-state index contributed by atoms with van der Waals surface area (Å²) in [5.41, 5.74) is 5.46. The maximum absolute atomic E-state index is 12.4. The Hall–Kier alpha value is -1.18. The van der Waals surface area contributed by atoms with Crippen molar-refractivity contribution in [1.82, 2.24) is 14.6 Å². The van der Waals surface area contributed by atoms with E-state index in [2.05, 4.69) is 10.3 Å². The van der Waals surface area contributed by atoms with Crippen LogP contribution >= 0.6 is 0 Å². The Morgan fingerprint density at radius 1 is 1.33 bits per heavy atom. The van der Waals surface area contributed by atoms with Gasteiger partial charge in [0.05, 0.1) is 0 Å². The molecule has 0 aliphatic carbocycles. The standard InChI is InChI=1S/C11H18N4O2S/c1-8-6-15(7-9(2)14-8)18(16,17)10-3-4-11(12)13-5-10/h3-5,8-9,14H,6-7H2,1-2H3,(H2,12,13). The Balaban J connectivity index is 2.28. The van der Waals surface area contributed by atoms with Gasteiger partial charge in [-0.25, -0.2) is 13.4 Å². The summed E-state index contributed by atoms with van der Waals surface area (Å²) < 4.78 is 26.3. The summed E-state index contributed by atoms with van der Waals surface area (Å²) in [5.74, 6) is 0.316. The van der Waals surface area contributed by atoms with Crippen LogP contribution in [0.3, 0.4) is 0 Å². The monoisotopic (exact) mass is 270 g/mol. The number of rotatable bonds is 2. The molecule has 7 heteroatoms. The van der Waals surface area contributed by atoms with Crippen molar-refractivity contribution in [1.29, 1.82) is 0 Å². The summed E-state index contributed by atoms with van der Waals surface area (Å²) in [6.07, 6.45) is 1.31. The lowest BCUT2D eigenvalue weighted by Crippen LogP contribution is -2.55. The van der Waals surface area contributed by atoms with E-state index in [0.29, 0.717) is 18.9 Å². The van der Waals surface area contributed by atoms with Crippen LogP contribution in [0.2, 0.25) is 0 Å². The number of hydrogen-bond acceptors (Lipinski definition) is 5. The van der Waals surface area contributed by atoms with Crippen LogP contribution in [-0.2, 0) is 10.0 Å². The highest BCUT2D eigenvalue weighted by Gasteiger charge is 2.31. The van der Waals surface area contributed by atoms with Gasteiger partial charge in [0.2, 0.25) is 10.0 Å². The third-order valence-corrected chi connectivity index (χ3v) is 4.74. The molecule has 0 bridgehead atoms. The molecule has 1 aromatic rings. The Kier molecular flexibility index (Phi) is 3.56. The number of piperazine rings is 1. The molecule has 18 heavy (non-hydrogen) atoms. The van der Waals surface area contributed by atoms with Gasteiger partial charge in [-0.3, -0.25) is 0 Å². The lowest BCUT2D eigenvalue weighted by atomic mass is 10.2. The maximum Gasteiger partial charge on any atom is 0.244 e. The van der Waals surface area contributed by atoms with Gasteiger partial charge in [-0.05, 0) is 26.0 Å². The third-order valence-electron chi connectivity index (χ3n) is 2.92. The molecule has 2 heterocycles. The van der Waals surface area contributed by atoms with Crippen LogP contribution < -0.4 is 11.1 Å². The molecule has 0 saturated carbocycles. The lowest BCUT2D eigenvalue weighted by molar-refractivity contribution is 0.263. The van der Waals surface area contributed by atoms with E-state index in [-0.39, 0.29) is 17.0 Å². The number of nitrogens with zero attached hydrogens (tertiary/aromatic N) is 2. The number of sulfonamides is 1. The van der Waals surface area contributed by atoms with E-state index in [1.807, 2.05) is 13.8 Å². The van der Waals surface area contributed by atoms with Crippen molar-refractivity contribution in [2.24, 2.45) is 0 Å². The molecule has 0 aromatic carbocycles. The lowest BCUT2D eigenvalue weighted by Gasteiger charge is -2.35. The highest BCUT2D eigenvalue weighted by atomic mass is 32.2. The van der Waals surface area contributed by atoms with Gasteiger partial charge < -0.3 is 11.1 Å². The van der Waals surface area contributed by atoms with E-state index in [1.165, 1.54) is 22.6 Å². The number of anilines is 1.